The Balaban J connectivity index is 2.09. The number of rotatable bonds is 6. The predicted octanol–water partition coefficient (Wildman–Crippen LogP) is 4.47. The van der Waals surface area contributed by atoms with Gasteiger partial charge in [0.1, 0.15) is 16.9 Å². The van der Waals surface area contributed by atoms with Crippen molar-refractivity contribution < 1.29 is 28.2 Å². The van der Waals surface area contributed by atoms with Crippen LogP contribution in [0.25, 0.3) is 11.0 Å². The van der Waals surface area contributed by atoms with E-state index in [9.17, 15) is 14.4 Å². The summed E-state index contributed by atoms with van der Waals surface area (Å²) in [6, 6.07) is 6.46. The second kappa shape index (κ2) is 8.57. The van der Waals surface area contributed by atoms with Gasteiger partial charge >= 0.3 is 17.6 Å². The van der Waals surface area contributed by atoms with E-state index in [0.29, 0.717) is 34.3 Å². The molecule has 2 heterocycles. The first-order valence-corrected chi connectivity index (χ1v) is 10.4. The van der Waals surface area contributed by atoms with Crippen LogP contribution < -0.4 is 10.4 Å². The summed E-state index contributed by atoms with van der Waals surface area (Å²) in [7, 11) is 0. The van der Waals surface area contributed by atoms with Gasteiger partial charge < -0.3 is 18.6 Å². The van der Waals surface area contributed by atoms with Crippen LogP contribution in [0.4, 0.5) is 0 Å². The fraction of sp³-hybridized carbons (Fsp3) is 0.458. The second-order valence-corrected chi connectivity index (χ2v) is 8.32. The summed E-state index contributed by atoms with van der Waals surface area (Å²) in [4.78, 5) is 37.1. The molecule has 0 aliphatic carbocycles. The van der Waals surface area contributed by atoms with E-state index >= 15 is 0 Å². The Labute approximate surface area is 181 Å². The first-order valence-electron chi connectivity index (χ1n) is 10.4. The van der Waals surface area contributed by atoms with Crippen LogP contribution in [0.15, 0.2) is 45.1 Å². The minimum Gasteiger partial charge on any atom is -0.481 e. The molecule has 0 saturated heterocycles. The van der Waals surface area contributed by atoms with Crippen LogP contribution in [-0.4, -0.2) is 23.6 Å². The van der Waals surface area contributed by atoms with E-state index in [1.165, 1.54) is 6.07 Å². The molecule has 166 valence electrons. The van der Waals surface area contributed by atoms with Gasteiger partial charge in [-0.15, -0.1) is 0 Å². The van der Waals surface area contributed by atoms with Crippen molar-refractivity contribution in [1.82, 2.24) is 0 Å². The van der Waals surface area contributed by atoms with Gasteiger partial charge in [-0.25, -0.2) is 9.59 Å². The Kier molecular flexibility index (Phi) is 6.25. The van der Waals surface area contributed by atoms with Crippen LogP contribution in [0.5, 0.6) is 5.75 Å². The van der Waals surface area contributed by atoms with Crippen LogP contribution in [0.3, 0.4) is 0 Å². The molecular formula is C24H28O7. The summed E-state index contributed by atoms with van der Waals surface area (Å²) in [5, 5.41) is 0.673. The molecule has 1 unspecified atom stereocenters. The van der Waals surface area contributed by atoms with Crippen molar-refractivity contribution >= 4 is 22.9 Å². The van der Waals surface area contributed by atoms with E-state index in [4.69, 9.17) is 18.6 Å². The molecule has 0 fully saturated rings. The smallest absolute Gasteiger partial charge is 0.336 e. The minimum absolute atomic E-state index is 0.293. The Bertz CT molecular complexity index is 1090. The van der Waals surface area contributed by atoms with E-state index < -0.39 is 35.4 Å². The van der Waals surface area contributed by atoms with Gasteiger partial charge in [-0.2, -0.15) is 0 Å². The molecule has 0 spiro atoms. The maximum absolute atomic E-state index is 12.7. The average molecular weight is 428 g/mol. The van der Waals surface area contributed by atoms with Crippen LogP contribution >= 0.6 is 0 Å². The van der Waals surface area contributed by atoms with E-state index in [1.54, 1.807) is 58.9 Å². The van der Waals surface area contributed by atoms with Crippen LogP contribution in [0.2, 0.25) is 0 Å². The van der Waals surface area contributed by atoms with Gasteiger partial charge in [-0.1, -0.05) is 19.9 Å². The van der Waals surface area contributed by atoms with E-state index in [-0.39, 0.29) is 5.92 Å². The van der Waals surface area contributed by atoms with E-state index in [1.807, 2.05) is 6.92 Å². The molecule has 1 aromatic heterocycles. The third kappa shape index (κ3) is 4.36. The normalized spacial score (nSPS) is 19.5. The zero-order valence-electron chi connectivity index (χ0n) is 18.7. The molecule has 7 heteroatoms. The van der Waals surface area contributed by atoms with Gasteiger partial charge in [0, 0.05) is 17.0 Å². The molecular weight excluding hydrogens is 400 g/mol. The van der Waals surface area contributed by atoms with Crippen molar-refractivity contribution in [3.8, 4) is 5.75 Å². The number of benzene rings is 1. The highest BCUT2D eigenvalue weighted by Crippen LogP contribution is 2.47. The molecule has 0 N–H and O–H groups in total. The molecule has 7 nitrogen and oxygen atoms in total. The monoisotopic (exact) mass is 428 g/mol. The number of carbonyl (C=O) groups excluding carboxylic acids is 2. The fourth-order valence-corrected chi connectivity index (χ4v) is 3.39. The maximum Gasteiger partial charge on any atom is 0.336 e. The number of hydrogen-bond acceptors (Lipinski definition) is 7. The quantitative estimate of drug-likeness (QED) is 0.381. The lowest BCUT2D eigenvalue weighted by Gasteiger charge is -2.34. The van der Waals surface area contributed by atoms with Crippen molar-refractivity contribution in [1.29, 1.82) is 0 Å². The molecule has 0 bridgehead atoms. The SMILES string of the molecule is C/C=C(\C)C(=O)OC(C)(C)[C@H]1Oc2ccc3ccc(=O)oc3c2[C@H]1OC(=O)C(C)CC. The van der Waals surface area contributed by atoms with Crippen molar-refractivity contribution in [3.05, 3.63) is 51.9 Å². The number of allylic oxidation sites excluding steroid dienone is 1. The summed E-state index contributed by atoms with van der Waals surface area (Å²) in [5.74, 6) is -0.810. The highest BCUT2D eigenvalue weighted by atomic mass is 16.6. The summed E-state index contributed by atoms with van der Waals surface area (Å²) < 4.78 is 23.2. The van der Waals surface area contributed by atoms with Crippen LogP contribution in [0, 0.1) is 5.92 Å². The van der Waals surface area contributed by atoms with E-state index in [0.717, 1.165) is 0 Å². The first-order chi connectivity index (χ1) is 14.6. The van der Waals surface area contributed by atoms with Crippen LogP contribution in [-0.2, 0) is 19.1 Å². The zero-order valence-corrected chi connectivity index (χ0v) is 18.7. The standard InChI is InChI=1S/C24H28O7/c1-7-13(3)22(26)30-20-18-16(11-9-15-10-12-17(25)29-19(15)18)28-21(20)24(5,6)31-23(27)14(4)8-2/h8-13,20-21H,7H2,1-6H3/b14-8+/t13?,20-,21+/m1/s1. The number of fused-ring (bicyclic) bond motifs is 3. The molecule has 3 rings (SSSR count). The Morgan fingerprint density at radius 2 is 1.90 bits per heavy atom. The fourth-order valence-electron chi connectivity index (χ4n) is 3.39. The molecule has 1 aliphatic rings. The highest BCUT2D eigenvalue weighted by Gasteiger charge is 2.50. The Hall–Kier alpha value is -3.09. The summed E-state index contributed by atoms with van der Waals surface area (Å²) >= 11 is 0. The number of carbonyl (C=O) groups is 2. The lowest BCUT2D eigenvalue weighted by molar-refractivity contribution is -0.176. The van der Waals surface area contributed by atoms with Gasteiger partial charge in [0.15, 0.2) is 12.2 Å². The molecule has 3 atom stereocenters. The van der Waals surface area contributed by atoms with Crippen LogP contribution in [0.1, 0.15) is 59.6 Å². The molecule has 2 aromatic rings. The highest BCUT2D eigenvalue weighted by molar-refractivity contribution is 5.88. The van der Waals surface area contributed by atoms with E-state index in [2.05, 4.69) is 0 Å². The zero-order chi connectivity index (χ0) is 22.9. The largest absolute Gasteiger partial charge is 0.481 e. The minimum atomic E-state index is -1.15. The number of ether oxygens (including phenoxy) is 3. The topological polar surface area (TPSA) is 92.0 Å². The maximum atomic E-state index is 12.7. The molecule has 1 aromatic carbocycles. The molecule has 31 heavy (non-hydrogen) atoms. The predicted molar refractivity (Wildman–Crippen MR) is 115 cm³/mol. The first kappa shape index (κ1) is 22.6. The third-order valence-corrected chi connectivity index (χ3v) is 5.66. The summed E-state index contributed by atoms with van der Waals surface area (Å²) in [6.07, 6.45) is 0.512. The average Bonchev–Trinajstić information content (AvgIpc) is 3.11. The molecule has 0 saturated carbocycles. The van der Waals surface area contributed by atoms with Crippen molar-refractivity contribution in [2.24, 2.45) is 5.92 Å². The van der Waals surface area contributed by atoms with Gasteiger partial charge in [0.2, 0.25) is 0 Å². The Morgan fingerprint density at radius 3 is 2.55 bits per heavy atom. The van der Waals surface area contributed by atoms with Crippen molar-refractivity contribution in [2.45, 2.75) is 65.8 Å². The number of hydrogen-bond donors (Lipinski definition) is 0. The van der Waals surface area contributed by atoms with Crippen molar-refractivity contribution in [3.63, 3.8) is 0 Å². The third-order valence-electron chi connectivity index (χ3n) is 5.66. The summed E-state index contributed by atoms with van der Waals surface area (Å²) in [6.45, 7) is 10.5. The Morgan fingerprint density at radius 1 is 1.23 bits per heavy atom. The molecule has 1 aliphatic heterocycles. The van der Waals surface area contributed by atoms with Gasteiger partial charge in [0.25, 0.3) is 0 Å². The molecule has 0 radical (unpaired) electrons. The summed E-state index contributed by atoms with van der Waals surface area (Å²) in [5.41, 5.74) is -0.466. The van der Waals surface area contributed by atoms with Gasteiger partial charge in [0.05, 0.1) is 11.5 Å². The lowest BCUT2D eigenvalue weighted by atomic mass is 9.92. The number of esters is 2. The lowest BCUT2D eigenvalue weighted by Crippen LogP contribution is -2.47. The second-order valence-electron chi connectivity index (χ2n) is 8.32. The van der Waals surface area contributed by atoms with Gasteiger partial charge in [-0.3, -0.25) is 4.79 Å². The molecule has 0 amide bonds. The van der Waals surface area contributed by atoms with Gasteiger partial charge in [-0.05, 0) is 52.3 Å². The van der Waals surface area contributed by atoms with Crippen molar-refractivity contribution in [2.75, 3.05) is 0 Å².